The first-order valence-corrected chi connectivity index (χ1v) is 9.26. The highest BCUT2D eigenvalue weighted by Crippen LogP contribution is 2.20. The maximum Gasteiger partial charge on any atom is 0.273 e. The van der Waals surface area contributed by atoms with Gasteiger partial charge in [-0.25, -0.2) is 8.42 Å². The van der Waals surface area contributed by atoms with Gasteiger partial charge in [0, 0.05) is 57.2 Å². The zero-order valence-electron chi connectivity index (χ0n) is 12.6. The minimum Gasteiger partial charge on any atom is -0.300 e. The number of sulfone groups is 1. The lowest BCUT2D eigenvalue weighted by atomic mass is 10.1. The molecule has 1 aliphatic rings. The first-order chi connectivity index (χ1) is 10.3. The Morgan fingerprint density at radius 1 is 1.14 bits per heavy atom. The summed E-state index contributed by atoms with van der Waals surface area (Å²) in [5, 5.41) is 11.0. The Morgan fingerprint density at radius 2 is 1.73 bits per heavy atom. The molecule has 22 heavy (non-hydrogen) atoms. The molecule has 7 nitrogen and oxygen atoms in total. The first-order valence-electron chi connectivity index (χ1n) is 7.20. The van der Waals surface area contributed by atoms with E-state index in [1.54, 1.807) is 12.1 Å². The van der Waals surface area contributed by atoms with Gasteiger partial charge in [-0.1, -0.05) is 18.2 Å². The first kappa shape index (κ1) is 16.9. The molecule has 8 heteroatoms. The summed E-state index contributed by atoms with van der Waals surface area (Å²) in [6.45, 7) is 4.26. The van der Waals surface area contributed by atoms with Gasteiger partial charge in [0.2, 0.25) is 0 Å². The lowest BCUT2D eigenvalue weighted by Crippen LogP contribution is -2.47. The number of para-hydroxylation sites is 1. The molecule has 2 rings (SSSR count). The molecule has 0 bridgehead atoms. The standard InChI is InChI=1S/C14H21N3O4S/c1-22(20,21)11-10-15-6-8-16(9-7-15)12-13-4-2-3-5-14(13)17(18)19/h2-5H,6-12H2,1H3. The lowest BCUT2D eigenvalue weighted by molar-refractivity contribution is -0.385. The fourth-order valence-corrected chi connectivity index (χ4v) is 3.12. The Bertz CT molecular complexity index is 625. The van der Waals surface area contributed by atoms with E-state index in [1.807, 2.05) is 6.07 Å². The molecule has 0 radical (unpaired) electrons. The molecule has 0 aliphatic carbocycles. The van der Waals surface area contributed by atoms with E-state index in [1.165, 1.54) is 12.3 Å². The number of nitro benzene ring substituents is 1. The van der Waals surface area contributed by atoms with Crippen molar-refractivity contribution in [3.05, 3.63) is 39.9 Å². The van der Waals surface area contributed by atoms with Gasteiger partial charge in [-0.05, 0) is 0 Å². The Balaban J connectivity index is 1.87. The molecule has 1 aromatic rings. The predicted molar refractivity (Wildman–Crippen MR) is 84.5 cm³/mol. The molecule has 122 valence electrons. The number of nitrogens with zero attached hydrogens (tertiary/aromatic N) is 3. The van der Waals surface area contributed by atoms with Crippen LogP contribution in [0.2, 0.25) is 0 Å². The third-order valence-electron chi connectivity index (χ3n) is 3.83. The number of nitro groups is 1. The van der Waals surface area contributed by atoms with Gasteiger partial charge in [0.25, 0.3) is 5.69 Å². The van der Waals surface area contributed by atoms with Crippen molar-refractivity contribution < 1.29 is 13.3 Å². The largest absolute Gasteiger partial charge is 0.300 e. The van der Waals surface area contributed by atoms with E-state index in [0.29, 0.717) is 13.1 Å². The van der Waals surface area contributed by atoms with Crippen molar-refractivity contribution in [3.63, 3.8) is 0 Å². The van der Waals surface area contributed by atoms with Crippen molar-refractivity contribution in [1.29, 1.82) is 0 Å². The van der Waals surface area contributed by atoms with E-state index in [9.17, 15) is 18.5 Å². The Labute approximate surface area is 130 Å². The fourth-order valence-electron chi connectivity index (χ4n) is 2.53. The molecule has 1 fully saturated rings. The van der Waals surface area contributed by atoms with E-state index in [0.717, 1.165) is 31.7 Å². The second kappa shape index (κ2) is 7.17. The summed E-state index contributed by atoms with van der Waals surface area (Å²) in [6.07, 6.45) is 1.25. The van der Waals surface area contributed by atoms with Gasteiger partial charge in [-0.15, -0.1) is 0 Å². The average molecular weight is 327 g/mol. The van der Waals surface area contributed by atoms with Gasteiger partial charge in [0.1, 0.15) is 9.84 Å². The van der Waals surface area contributed by atoms with Crippen molar-refractivity contribution in [2.75, 3.05) is 44.7 Å². The molecule has 0 unspecified atom stereocenters. The summed E-state index contributed by atoms with van der Waals surface area (Å²) in [5.41, 5.74) is 0.874. The summed E-state index contributed by atoms with van der Waals surface area (Å²) in [7, 11) is -2.93. The van der Waals surface area contributed by atoms with E-state index in [4.69, 9.17) is 0 Å². The Hall–Kier alpha value is -1.51. The maximum atomic E-state index is 11.2. The van der Waals surface area contributed by atoms with Gasteiger partial charge < -0.3 is 0 Å². The van der Waals surface area contributed by atoms with Crippen molar-refractivity contribution in [1.82, 2.24) is 9.80 Å². The van der Waals surface area contributed by atoms with Gasteiger partial charge in [0.05, 0.1) is 10.7 Å². The SMILES string of the molecule is CS(=O)(=O)CCN1CCN(Cc2ccccc2[N+](=O)[O-])CC1. The van der Waals surface area contributed by atoms with E-state index < -0.39 is 9.84 Å². The van der Waals surface area contributed by atoms with E-state index >= 15 is 0 Å². The van der Waals surface area contributed by atoms with Gasteiger partial charge in [0.15, 0.2) is 0 Å². The number of benzene rings is 1. The molecule has 0 aromatic heterocycles. The summed E-state index contributed by atoms with van der Waals surface area (Å²) in [6, 6.07) is 6.79. The molecule has 0 saturated carbocycles. The zero-order valence-corrected chi connectivity index (χ0v) is 13.5. The number of hydrogen-bond donors (Lipinski definition) is 0. The van der Waals surface area contributed by atoms with Crippen LogP contribution >= 0.6 is 0 Å². The van der Waals surface area contributed by atoms with Crippen molar-refractivity contribution in [2.45, 2.75) is 6.54 Å². The predicted octanol–water partition coefficient (Wildman–Crippen LogP) is 0.757. The maximum absolute atomic E-state index is 11.2. The smallest absolute Gasteiger partial charge is 0.273 e. The van der Waals surface area contributed by atoms with Crippen LogP contribution in [0.4, 0.5) is 5.69 Å². The number of piperazine rings is 1. The van der Waals surface area contributed by atoms with Crippen LogP contribution in [0.1, 0.15) is 5.56 Å². The number of hydrogen-bond acceptors (Lipinski definition) is 6. The zero-order chi connectivity index (χ0) is 16.2. The van der Waals surface area contributed by atoms with Crippen molar-refractivity contribution in [3.8, 4) is 0 Å². The van der Waals surface area contributed by atoms with Crippen LogP contribution in [0.15, 0.2) is 24.3 Å². The second-order valence-electron chi connectivity index (χ2n) is 5.63. The van der Waals surface area contributed by atoms with E-state index in [-0.39, 0.29) is 16.4 Å². The minimum absolute atomic E-state index is 0.155. The number of rotatable bonds is 6. The summed E-state index contributed by atoms with van der Waals surface area (Å²) in [5.74, 6) is 0.178. The molecular weight excluding hydrogens is 306 g/mol. The highest BCUT2D eigenvalue weighted by atomic mass is 32.2. The van der Waals surface area contributed by atoms with Gasteiger partial charge in [-0.2, -0.15) is 0 Å². The summed E-state index contributed by atoms with van der Waals surface area (Å²) >= 11 is 0. The molecule has 1 heterocycles. The molecule has 1 aromatic carbocycles. The van der Waals surface area contributed by atoms with Crippen molar-refractivity contribution >= 4 is 15.5 Å². The second-order valence-corrected chi connectivity index (χ2v) is 7.89. The highest BCUT2D eigenvalue weighted by molar-refractivity contribution is 7.90. The molecule has 0 N–H and O–H groups in total. The fraction of sp³-hybridized carbons (Fsp3) is 0.571. The van der Waals surface area contributed by atoms with Crippen LogP contribution in [0.25, 0.3) is 0 Å². The molecule has 1 aliphatic heterocycles. The Morgan fingerprint density at radius 3 is 2.32 bits per heavy atom. The molecular formula is C14H21N3O4S. The minimum atomic E-state index is -2.93. The third kappa shape index (κ3) is 5.04. The normalized spacial score (nSPS) is 17.5. The highest BCUT2D eigenvalue weighted by Gasteiger charge is 2.20. The molecule has 0 spiro atoms. The quantitative estimate of drug-likeness (QED) is 0.566. The van der Waals surface area contributed by atoms with Gasteiger partial charge >= 0.3 is 0 Å². The van der Waals surface area contributed by atoms with Crippen LogP contribution < -0.4 is 0 Å². The molecule has 1 saturated heterocycles. The summed E-state index contributed by atoms with van der Waals surface area (Å²) in [4.78, 5) is 15.0. The molecule has 0 amide bonds. The van der Waals surface area contributed by atoms with Crippen LogP contribution in [0, 0.1) is 10.1 Å². The van der Waals surface area contributed by atoms with Crippen LogP contribution in [-0.4, -0.2) is 67.9 Å². The molecule has 0 atom stereocenters. The van der Waals surface area contributed by atoms with Crippen LogP contribution in [0.3, 0.4) is 0 Å². The van der Waals surface area contributed by atoms with Crippen LogP contribution in [0.5, 0.6) is 0 Å². The van der Waals surface area contributed by atoms with E-state index in [2.05, 4.69) is 9.80 Å². The Kier molecular flexibility index (Phi) is 5.49. The summed E-state index contributed by atoms with van der Waals surface area (Å²) < 4.78 is 22.4. The van der Waals surface area contributed by atoms with Crippen molar-refractivity contribution in [2.24, 2.45) is 0 Å². The monoisotopic (exact) mass is 327 g/mol. The topological polar surface area (TPSA) is 83.8 Å². The third-order valence-corrected chi connectivity index (χ3v) is 4.75. The van der Waals surface area contributed by atoms with Gasteiger partial charge in [-0.3, -0.25) is 19.9 Å². The lowest BCUT2D eigenvalue weighted by Gasteiger charge is -2.34. The average Bonchev–Trinajstić information content (AvgIpc) is 2.46. The van der Waals surface area contributed by atoms with Crippen LogP contribution in [-0.2, 0) is 16.4 Å².